The summed E-state index contributed by atoms with van der Waals surface area (Å²) in [6, 6.07) is 6.68. The van der Waals surface area contributed by atoms with Crippen LogP contribution in [0, 0.1) is 0 Å². The first-order valence-electron chi connectivity index (χ1n) is 6.37. The zero-order valence-electron chi connectivity index (χ0n) is 11.4. The van der Waals surface area contributed by atoms with Gasteiger partial charge in [0.1, 0.15) is 5.75 Å². The Hall–Kier alpha value is -2.73. The molecule has 1 aliphatic rings. The summed E-state index contributed by atoms with van der Waals surface area (Å²) in [7, 11) is 1.48. The Morgan fingerprint density at radius 2 is 1.95 bits per heavy atom. The van der Waals surface area contributed by atoms with E-state index in [1.54, 1.807) is 18.2 Å². The number of nitrogens with two attached hydrogens (primary N) is 1. The second kappa shape index (κ2) is 4.99. The Bertz CT molecular complexity index is 708. The minimum atomic E-state index is -0.401. The standard InChI is InChI=1S/C15H13N3O3/c1-21-13-6-9(7-16)2-3-12(13)18-14(19)10-4-5-17-8-11(10)15(18)20/h2-6,8H,7,16H2,1H3. The molecule has 0 unspecified atom stereocenters. The molecule has 0 bridgehead atoms. The molecule has 6 heteroatoms. The maximum atomic E-state index is 12.4. The van der Waals surface area contributed by atoms with Crippen molar-refractivity contribution in [2.24, 2.45) is 5.73 Å². The molecule has 2 N–H and O–H groups in total. The molecule has 0 fully saturated rings. The average molecular weight is 283 g/mol. The number of methoxy groups -OCH3 is 1. The molecule has 106 valence electrons. The first-order valence-corrected chi connectivity index (χ1v) is 6.37. The third-order valence-electron chi connectivity index (χ3n) is 3.41. The normalized spacial score (nSPS) is 13.5. The fourth-order valence-electron chi connectivity index (χ4n) is 2.34. The van der Waals surface area contributed by atoms with E-state index in [-0.39, 0.29) is 5.91 Å². The number of rotatable bonds is 3. The van der Waals surface area contributed by atoms with Gasteiger partial charge in [-0.2, -0.15) is 0 Å². The Kier molecular flexibility index (Phi) is 3.15. The third kappa shape index (κ3) is 1.96. The fourth-order valence-corrected chi connectivity index (χ4v) is 2.34. The van der Waals surface area contributed by atoms with Crippen molar-refractivity contribution in [3.8, 4) is 5.75 Å². The summed E-state index contributed by atoms with van der Waals surface area (Å²) >= 11 is 0. The quantitative estimate of drug-likeness (QED) is 0.859. The molecule has 0 atom stereocenters. The van der Waals surface area contributed by atoms with Crippen LogP contribution in [0.2, 0.25) is 0 Å². The number of amides is 2. The molecule has 0 spiro atoms. The van der Waals surface area contributed by atoms with Gasteiger partial charge < -0.3 is 10.5 Å². The monoisotopic (exact) mass is 283 g/mol. The zero-order chi connectivity index (χ0) is 15.0. The summed E-state index contributed by atoms with van der Waals surface area (Å²) in [6.07, 6.45) is 2.89. The van der Waals surface area contributed by atoms with Crippen molar-refractivity contribution in [2.45, 2.75) is 6.54 Å². The van der Waals surface area contributed by atoms with E-state index in [9.17, 15) is 9.59 Å². The van der Waals surface area contributed by atoms with Gasteiger partial charge in [0.2, 0.25) is 0 Å². The number of hydrogen-bond acceptors (Lipinski definition) is 5. The number of aromatic nitrogens is 1. The van der Waals surface area contributed by atoms with Crippen LogP contribution >= 0.6 is 0 Å². The molecular weight excluding hydrogens is 270 g/mol. The summed E-state index contributed by atoms with van der Waals surface area (Å²) < 4.78 is 5.28. The molecule has 2 aromatic rings. The van der Waals surface area contributed by atoms with Crippen LogP contribution in [0.4, 0.5) is 5.69 Å². The first kappa shape index (κ1) is 13.3. The number of pyridine rings is 1. The van der Waals surface area contributed by atoms with Crippen molar-refractivity contribution in [1.82, 2.24) is 4.98 Å². The fraction of sp³-hybridized carbons (Fsp3) is 0.133. The van der Waals surface area contributed by atoms with E-state index in [1.165, 1.54) is 25.6 Å². The van der Waals surface area contributed by atoms with E-state index < -0.39 is 5.91 Å². The first-order chi connectivity index (χ1) is 10.2. The number of nitrogens with zero attached hydrogens (tertiary/aromatic N) is 2. The number of anilines is 1. The second-order valence-electron chi connectivity index (χ2n) is 4.58. The van der Waals surface area contributed by atoms with Crippen LogP contribution in [0.1, 0.15) is 26.3 Å². The number of carbonyl (C=O) groups is 2. The van der Waals surface area contributed by atoms with Crippen LogP contribution in [0.3, 0.4) is 0 Å². The third-order valence-corrected chi connectivity index (χ3v) is 3.41. The van der Waals surface area contributed by atoms with Gasteiger partial charge in [0.05, 0.1) is 23.9 Å². The highest BCUT2D eigenvalue weighted by atomic mass is 16.5. The smallest absolute Gasteiger partial charge is 0.267 e. The van der Waals surface area contributed by atoms with Crippen LogP contribution in [0.5, 0.6) is 5.75 Å². The van der Waals surface area contributed by atoms with E-state index in [4.69, 9.17) is 10.5 Å². The number of imide groups is 1. The van der Waals surface area contributed by atoms with Gasteiger partial charge in [-0.25, -0.2) is 4.90 Å². The van der Waals surface area contributed by atoms with Gasteiger partial charge in [0, 0.05) is 18.9 Å². The van der Waals surface area contributed by atoms with Gasteiger partial charge in [0.15, 0.2) is 0 Å². The van der Waals surface area contributed by atoms with Gasteiger partial charge >= 0.3 is 0 Å². The molecule has 1 aromatic carbocycles. The lowest BCUT2D eigenvalue weighted by molar-refractivity contribution is 0.0925. The minimum Gasteiger partial charge on any atom is -0.495 e. The van der Waals surface area contributed by atoms with Gasteiger partial charge in [-0.05, 0) is 23.8 Å². The van der Waals surface area contributed by atoms with Gasteiger partial charge in [-0.1, -0.05) is 6.07 Å². The average Bonchev–Trinajstić information content (AvgIpc) is 2.79. The van der Waals surface area contributed by atoms with Crippen molar-refractivity contribution in [2.75, 3.05) is 12.0 Å². The molecule has 2 amide bonds. The number of fused-ring (bicyclic) bond motifs is 1. The van der Waals surface area contributed by atoms with Crippen LogP contribution < -0.4 is 15.4 Å². The summed E-state index contributed by atoms with van der Waals surface area (Å²) in [6.45, 7) is 0.350. The predicted octanol–water partition coefficient (Wildman–Crippen LogP) is 1.35. The molecule has 0 saturated carbocycles. The van der Waals surface area contributed by atoms with E-state index >= 15 is 0 Å². The zero-order valence-corrected chi connectivity index (χ0v) is 11.4. The van der Waals surface area contributed by atoms with Gasteiger partial charge in [0.25, 0.3) is 11.8 Å². The maximum Gasteiger partial charge on any atom is 0.267 e. The lowest BCUT2D eigenvalue weighted by Crippen LogP contribution is -2.29. The van der Waals surface area contributed by atoms with Crippen molar-refractivity contribution in [1.29, 1.82) is 0 Å². The highest BCUT2D eigenvalue weighted by Gasteiger charge is 2.38. The summed E-state index contributed by atoms with van der Waals surface area (Å²) in [5, 5.41) is 0. The summed E-state index contributed by atoms with van der Waals surface area (Å²) in [4.78, 5) is 29.8. The molecule has 2 heterocycles. The number of benzene rings is 1. The SMILES string of the molecule is COc1cc(CN)ccc1N1C(=O)c2ccncc2C1=O. The molecule has 3 rings (SSSR count). The molecule has 6 nitrogen and oxygen atoms in total. The Morgan fingerprint density at radius 1 is 1.19 bits per heavy atom. The molecular formula is C15H13N3O3. The molecule has 21 heavy (non-hydrogen) atoms. The Morgan fingerprint density at radius 3 is 2.62 bits per heavy atom. The van der Waals surface area contributed by atoms with Crippen molar-refractivity contribution in [3.63, 3.8) is 0 Å². The number of ether oxygens (including phenoxy) is 1. The van der Waals surface area contributed by atoms with E-state index in [2.05, 4.69) is 4.98 Å². The molecule has 0 radical (unpaired) electrons. The lowest BCUT2D eigenvalue weighted by Gasteiger charge is -2.18. The van der Waals surface area contributed by atoms with Crippen LogP contribution in [-0.2, 0) is 6.54 Å². The van der Waals surface area contributed by atoms with Gasteiger partial charge in [-0.3, -0.25) is 14.6 Å². The highest BCUT2D eigenvalue weighted by molar-refractivity contribution is 6.34. The van der Waals surface area contributed by atoms with E-state index in [0.717, 1.165) is 10.5 Å². The molecule has 1 aromatic heterocycles. The number of carbonyl (C=O) groups excluding carboxylic acids is 2. The van der Waals surface area contributed by atoms with Crippen molar-refractivity contribution >= 4 is 17.5 Å². The molecule has 0 saturated heterocycles. The Balaban J connectivity index is 2.11. The summed E-state index contributed by atoms with van der Waals surface area (Å²) in [5.74, 6) is -0.349. The highest BCUT2D eigenvalue weighted by Crippen LogP contribution is 2.35. The maximum absolute atomic E-state index is 12.4. The van der Waals surface area contributed by atoms with Crippen molar-refractivity contribution in [3.05, 3.63) is 53.3 Å². The Labute approximate surface area is 121 Å². The topological polar surface area (TPSA) is 85.5 Å². The minimum absolute atomic E-state index is 0.299. The lowest BCUT2D eigenvalue weighted by atomic mass is 10.1. The molecule has 0 aliphatic carbocycles. The largest absolute Gasteiger partial charge is 0.495 e. The second-order valence-corrected chi connectivity index (χ2v) is 4.58. The number of hydrogen-bond donors (Lipinski definition) is 1. The summed E-state index contributed by atoms with van der Waals surface area (Å²) in [5.41, 5.74) is 7.49. The van der Waals surface area contributed by atoms with E-state index in [0.29, 0.717) is 29.1 Å². The van der Waals surface area contributed by atoms with Crippen LogP contribution in [0.15, 0.2) is 36.7 Å². The van der Waals surface area contributed by atoms with Crippen molar-refractivity contribution < 1.29 is 14.3 Å². The van der Waals surface area contributed by atoms with Gasteiger partial charge in [-0.15, -0.1) is 0 Å². The van der Waals surface area contributed by atoms with Crippen LogP contribution in [-0.4, -0.2) is 23.9 Å². The predicted molar refractivity (Wildman–Crippen MR) is 76.3 cm³/mol. The van der Waals surface area contributed by atoms with Crippen LogP contribution in [0.25, 0.3) is 0 Å². The molecule has 1 aliphatic heterocycles. The van der Waals surface area contributed by atoms with E-state index in [1.807, 2.05) is 0 Å².